The lowest BCUT2D eigenvalue weighted by molar-refractivity contribution is -0.115. The number of aryl methyl sites for hydroxylation is 1. The van der Waals surface area contributed by atoms with Gasteiger partial charge in [0.15, 0.2) is 10.9 Å². The first-order chi connectivity index (χ1) is 14.0. The highest BCUT2D eigenvalue weighted by Gasteiger charge is 2.31. The van der Waals surface area contributed by atoms with Crippen LogP contribution in [-0.4, -0.2) is 26.5 Å². The summed E-state index contributed by atoms with van der Waals surface area (Å²) in [6, 6.07) is 17.1. The summed E-state index contributed by atoms with van der Waals surface area (Å²) in [6.07, 6.45) is 2.24. The predicted octanol–water partition coefficient (Wildman–Crippen LogP) is 4.60. The number of ketones is 1. The number of hydrogen-bond donors (Lipinski definition) is 1. The number of anilines is 1. The first-order valence-corrected chi connectivity index (χ1v) is 10.5. The molecule has 0 spiro atoms. The summed E-state index contributed by atoms with van der Waals surface area (Å²) in [5.74, 6) is 0.671. The van der Waals surface area contributed by atoms with Gasteiger partial charge < -0.3 is 9.88 Å². The van der Waals surface area contributed by atoms with Gasteiger partial charge in [-0.1, -0.05) is 54.2 Å². The van der Waals surface area contributed by atoms with Crippen molar-refractivity contribution < 1.29 is 9.59 Å². The van der Waals surface area contributed by atoms with Crippen LogP contribution in [0, 0.1) is 6.92 Å². The molecule has 4 rings (SSSR count). The molecular weight excluding hydrogens is 384 g/mol. The van der Waals surface area contributed by atoms with Gasteiger partial charge in [-0.2, -0.15) is 0 Å². The average Bonchev–Trinajstić information content (AvgIpc) is 3.49. The maximum absolute atomic E-state index is 13.2. The lowest BCUT2D eigenvalue weighted by Gasteiger charge is -2.17. The topological polar surface area (TPSA) is 76.9 Å². The maximum atomic E-state index is 13.2. The molecule has 0 aliphatic heterocycles. The second-order valence-corrected chi connectivity index (χ2v) is 8.24. The van der Waals surface area contributed by atoms with E-state index in [0.29, 0.717) is 17.3 Å². The Hall–Kier alpha value is -2.93. The molecule has 0 radical (unpaired) electrons. The van der Waals surface area contributed by atoms with Crippen molar-refractivity contribution in [1.82, 2.24) is 14.8 Å². The largest absolute Gasteiger partial charge is 0.325 e. The van der Waals surface area contributed by atoms with E-state index in [9.17, 15) is 9.59 Å². The second kappa shape index (κ2) is 8.21. The van der Waals surface area contributed by atoms with E-state index in [2.05, 4.69) is 20.1 Å². The van der Waals surface area contributed by atoms with Crippen LogP contribution in [-0.2, 0) is 4.79 Å². The average molecular weight is 407 g/mol. The molecule has 1 N–H and O–H groups in total. The van der Waals surface area contributed by atoms with Gasteiger partial charge in [0.1, 0.15) is 11.1 Å². The number of carbonyl (C=O) groups is 2. The van der Waals surface area contributed by atoms with Crippen molar-refractivity contribution >= 4 is 29.1 Å². The van der Waals surface area contributed by atoms with E-state index in [-0.39, 0.29) is 11.7 Å². The minimum Gasteiger partial charge on any atom is -0.325 e. The van der Waals surface area contributed by atoms with Crippen LogP contribution < -0.4 is 5.32 Å². The number of hydrogen-bond acceptors (Lipinski definition) is 5. The number of thioether (sulfide) groups is 1. The molecule has 29 heavy (non-hydrogen) atoms. The second-order valence-electron chi connectivity index (χ2n) is 7.17. The molecule has 0 bridgehead atoms. The minimum absolute atomic E-state index is 0.0388. The third kappa shape index (κ3) is 4.40. The van der Waals surface area contributed by atoms with Gasteiger partial charge in [0.25, 0.3) is 0 Å². The molecular formula is C22H22N4O2S. The SMILES string of the molecule is CC(=O)c1cccc(NC(=O)[C@H](Sc2nnc(C)n2C2CC2)c2ccccc2)c1. The normalized spacial score (nSPS) is 14.4. The summed E-state index contributed by atoms with van der Waals surface area (Å²) in [7, 11) is 0. The Labute approximate surface area is 173 Å². The number of rotatable bonds is 7. The highest BCUT2D eigenvalue weighted by Crippen LogP contribution is 2.42. The predicted molar refractivity (Wildman–Crippen MR) is 113 cm³/mol. The fraction of sp³-hybridized carbons (Fsp3) is 0.273. The maximum Gasteiger partial charge on any atom is 0.242 e. The zero-order valence-electron chi connectivity index (χ0n) is 16.3. The zero-order valence-corrected chi connectivity index (χ0v) is 17.1. The van der Waals surface area contributed by atoms with Gasteiger partial charge in [0, 0.05) is 17.3 Å². The molecule has 2 aromatic carbocycles. The van der Waals surface area contributed by atoms with E-state index in [1.165, 1.54) is 18.7 Å². The molecule has 0 unspecified atom stereocenters. The highest BCUT2D eigenvalue weighted by atomic mass is 32.2. The number of amides is 1. The van der Waals surface area contributed by atoms with E-state index in [1.807, 2.05) is 37.3 Å². The monoisotopic (exact) mass is 406 g/mol. The lowest BCUT2D eigenvalue weighted by atomic mass is 10.1. The third-order valence-electron chi connectivity index (χ3n) is 4.85. The van der Waals surface area contributed by atoms with Crippen molar-refractivity contribution in [3.8, 4) is 0 Å². The van der Waals surface area contributed by atoms with Crippen LogP contribution in [0.4, 0.5) is 5.69 Å². The van der Waals surface area contributed by atoms with E-state index in [4.69, 9.17) is 0 Å². The summed E-state index contributed by atoms with van der Waals surface area (Å²) >= 11 is 1.41. The van der Waals surface area contributed by atoms with Gasteiger partial charge in [0.05, 0.1) is 0 Å². The van der Waals surface area contributed by atoms with Crippen LogP contribution >= 0.6 is 11.8 Å². The first kappa shape index (κ1) is 19.4. The van der Waals surface area contributed by atoms with Gasteiger partial charge in [0.2, 0.25) is 5.91 Å². The number of Topliss-reactive ketones (excluding diaryl/α,β-unsaturated/α-hetero) is 1. The van der Waals surface area contributed by atoms with Gasteiger partial charge in [-0.15, -0.1) is 10.2 Å². The number of nitrogens with zero attached hydrogens (tertiary/aromatic N) is 3. The standard InChI is InChI=1S/C22H22N4O2S/c1-14(27)17-9-6-10-18(13-17)23-21(28)20(16-7-4-3-5-8-16)29-22-25-24-15(2)26(22)19-11-12-19/h3-10,13,19-20H,11-12H2,1-2H3,(H,23,28)/t20-/m1/s1. The van der Waals surface area contributed by atoms with Gasteiger partial charge >= 0.3 is 0 Å². The number of carbonyl (C=O) groups excluding carboxylic acids is 2. The van der Waals surface area contributed by atoms with Crippen LogP contribution in [0.5, 0.6) is 0 Å². The van der Waals surface area contributed by atoms with E-state index < -0.39 is 5.25 Å². The molecule has 1 saturated carbocycles. The van der Waals surface area contributed by atoms with E-state index >= 15 is 0 Å². The Morgan fingerprint density at radius 1 is 1.10 bits per heavy atom. The van der Waals surface area contributed by atoms with Crippen LogP contribution in [0.1, 0.15) is 52.8 Å². The Bertz CT molecular complexity index is 1040. The molecule has 1 heterocycles. The molecule has 1 fully saturated rings. The van der Waals surface area contributed by atoms with Crippen molar-refractivity contribution in [2.75, 3.05) is 5.32 Å². The fourth-order valence-electron chi connectivity index (χ4n) is 3.21. The van der Waals surface area contributed by atoms with Crippen molar-refractivity contribution in [2.45, 2.75) is 43.1 Å². The molecule has 1 aromatic heterocycles. The van der Waals surface area contributed by atoms with Gasteiger partial charge in [-0.25, -0.2) is 0 Å². The van der Waals surface area contributed by atoms with Crippen LogP contribution in [0.15, 0.2) is 59.8 Å². The van der Waals surface area contributed by atoms with Crippen molar-refractivity contribution in [3.63, 3.8) is 0 Å². The summed E-state index contributed by atoms with van der Waals surface area (Å²) in [5.41, 5.74) is 2.06. The Kier molecular flexibility index (Phi) is 5.49. The first-order valence-electron chi connectivity index (χ1n) is 9.58. The minimum atomic E-state index is -0.488. The van der Waals surface area contributed by atoms with Crippen molar-refractivity contribution in [3.05, 3.63) is 71.5 Å². The number of aromatic nitrogens is 3. The molecule has 148 valence electrons. The molecule has 1 amide bonds. The fourth-order valence-corrected chi connectivity index (χ4v) is 4.37. The van der Waals surface area contributed by atoms with E-state index in [1.54, 1.807) is 24.3 Å². The highest BCUT2D eigenvalue weighted by molar-refractivity contribution is 8.00. The zero-order chi connectivity index (χ0) is 20.4. The van der Waals surface area contributed by atoms with Crippen LogP contribution in [0.25, 0.3) is 0 Å². The summed E-state index contributed by atoms with van der Waals surface area (Å²) in [4.78, 5) is 24.9. The summed E-state index contributed by atoms with van der Waals surface area (Å²) in [6.45, 7) is 3.46. The summed E-state index contributed by atoms with van der Waals surface area (Å²) in [5, 5.41) is 11.8. The van der Waals surface area contributed by atoms with Crippen molar-refractivity contribution in [2.24, 2.45) is 0 Å². The molecule has 0 saturated heterocycles. The number of nitrogens with one attached hydrogen (secondary N) is 1. The van der Waals surface area contributed by atoms with Gasteiger partial charge in [-0.05, 0) is 44.4 Å². The quantitative estimate of drug-likeness (QED) is 0.458. The summed E-state index contributed by atoms with van der Waals surface area (Å²) < 4.78 is 2.13. The molecule has 7 heteroatoms. The molecule has 1 aliphatic rings. The van der Waals surface area contributed by atoms with Crippen LogP contribution in [0.3, 0.4) is 0 Å². The third-order valence-corrected chi connectivity index (χ3v) is 6.06. The Morgan fingerprint density at radius 3 is 2.55 bits per heavy atom. The Balaban J connectivity index is 1.62. The molecule has 1 atom stereocenters. The van der Waals surface area contributed by atoms with Gasteiger partial charge in [-0.3, -0.25) is 9.59 Å². The Morgan fingerprint density at radius 2 is 1.86 bits per heavy atom. The molecule has 6 nitrogen and oxygen atoms in total. The molecule has 3 aromatic rings. The van der Waals surface area contributed by atoms with Crippen LogP contribution in [0.2, 0.25) is 0 Å². The number of benzene rings is 2. The van der Waals surface area contributed by atoms with Crippen molar-refractivity contribution in [1.29, 1.82) is 0 Å². The van der Waals surface area contributed by atoms with E-state index in [0.717, 1.165) is 29.4 Å². The smallest absolute Gasteiger partial charge is 0.242 e. The lowest BCUT2D eigenvalue weighted by Crippen LogP contribution is -2.19. The molecule has 1 aliphatic carbocycles.